The van der Waals surface area contributed by atoms with Gasteiger partial charge in [-0.15, -0.1) is 0 Å². The number of anilines is 1. The Morgan fingerprint density at radius 3 is 2.66 bits per heavy atom. The molecule has 2 N–H and O–H groups in total. The van der Waals surface area contributed by atoms with Crippen molar-refractivity contribution in [3.05, 3.63) is 47.8 Å². The highest BCUT2D eigenvalue weighted by atomic mass is 32.2. The van der Waals surface area contributed by atoms with E-state index >= 15 is 0 Å². The molecule has 1 aromatic heterocycles. The van der Waals surface area contributed by atoms with Crippen LogP contribution in [0.1, 0.15) is 35.7 Å². The van der Waals surface area contributed by atoms with Gasteiger partial charge in [0.1, 0.15) is 17.8 Å². The Morgan fingerprint density at radius 2 is 2.00 bits per heavy atom. The molecule has 1 amide bonds. The average molecular weight is 638 g/mol. The van der Waals surface area contributed by atoms with Crippen LogP contribution in [0, 0.1) is 17.8 Å². The molecule has 0 aliphatic carbocycles. The predicted molar refractivity (Wildman–Crippen MR) is 159 cm³/mol. The van der Waals surface area contributed by atoms with Crippen molar-refractivity contribution in [3.8, 4) is 17.6 Å². The number of piperidine rings is 1. The largest absolute Gasteiger partial charge is 0.495 e. The first kappa shape index (κ1) is 33.1. The molecular formula is C30H35F4N5O4S. The third kappa shape index (κ3) is 8.41. The maximum Gasteiger partial charge on any atom is 0.406 e. The fourth-order valence-electron chi connectivity index (χ4n) is 5.25. The molecular weight excluding hydrogens is 602 g/mol. The van der Waals surface area contributed by atoms with Crippen molar-refractivity contribution in [2.24, 2.45) is 5.92 Å². The molecule has 2 atom stereocenters. The number of fused-ring (bicyclic) bond motifs is 1. The number of hydrogen-bond donors (Lipinski definition) is 2. The molecule has 4 rings (SSSR count). The Balaban J connectivity index is 1.59. The summed E-state index contributed by atoms with van der Waals surface area (Å²) in [6.07, 6.45) is -1.26. The van der Waals surface area contributed by atoms with Crippen molar-refractivity contribution in [1.82, 2.24) is 19.8 Å². The molecule has 0 saturated carbocycles. The van der Waals surface area contributed by atoms with E-state index in [0.29, 0.717) is 49.5 Å². The minimum absolute atomic E-state index is 0.0451. The third-order valence-electron chi connectivity index (χ3n) is 7.43. The second-order valence-corrected chi connectivity index (χ2v) is 12.9. The summed E-state index contributed by atoms with van der Waals surface area (Å²) in [5, 5.41) is 6.02. The Labute approximate surface area is 253 Å². The number of rotatable bonds is 10. The van der Waals surface area contributed by atoms with Gasteiger partial charge >= 0.3 is 6.18 Å². The van der Waals surface area contributed by atoms with Crippen molar-refractivity contribution < 1.29 is 35.5 Å². The van der Waals surface area contributed by atoms with Crippen LogP contribution in [0.15, 0.2) is 41.6 Å². The molecule has 0 bridgehead atoms. The van der Waals surface area contributed by atoms with Gasteiger partial charge < -0.3 is 24.8 Å². The minimum atomic E-state index is -4.51. The number of ether oxygens (including phenoxy) is 1. The molecule has 2 heterocycles. The van der Waals surface area contributed by atoms with E-state index < -0.39 is 28.5 Å². The predicted octanol–water partition coefficient (Wildman–Crippen LogP) is 4.27. The van der Waals surface area contributed by atoms with Gasteiger partial charge in [-0.25, -0.2) is 13.4 Å². The smallest absolute Gasteiger partial charge is 0.406 e. The van der Waals surface area contributed by atoms with Gasteiger partial charge in [0.25, 0.3) is 5.91 Å². The number of amides is 1. The number of nitrogens with zero attached hydrogens (tertiary/aromatic N) is 3. The summed E-state index contributed by atoms with van der Waals surface area (Å²) in [6.45, 7) is 2.40. The Kier molecular flexibility index (Phi) is 10.4. The molecule has 9 nitrogen and oxygen atoms in total. The number of benzene rings is 2. The van der Waals surface area contributed by atoms with Gasteiger partial charge in [0, 0.05) is 37.5 Å². The van der Waals surface area contributed by atoms with Gasteiger partial charge in [-0.3, -0.25) is 9.18 Å². The fourth-order valence-corrected chi connectivity index (χ4v) is 5.90. The average Bonchev–Trinajstić information content (AvgIpc) is 3.35. The molecule has 0 radical (unpaired) electrons. The van der Waals surface area contributed by atoms with E-state index in [1.54, 1.807) is 0 Å². The summed E-state index contributed by atoms with van der Waals surface area (Å²) in [6, 6.07) is 7.14. The van der Waals surface area contributed by atoms with Crippen LogP contribution in [0.3, 0.4) is 0 Å². The van der Waals surface area contributed by atoms with E-state index in [-0.39, 0.29) is 46.7 Å². The Bertz CT molecular complexity index is 1660. The summed E-state index contributed by atoms with van der Waals surface area (Å²) < 4.78 is 82.7. The molecule has 1 fully saturated rings. The molecule has 1 aliphatic rings. The van der Waals surface area contributed by atoms with Gasteiger partial charge in [-0.05, 0) is 49.1 Å². The lowest BCUT2D eigenvalue weighted by Gasteiger charge is -2.37. The molecule has 238 valence electrons. The van der Waals surface area contributed by atoms with Gasteiger partial charge in [-0.2, -0.15) is 13.2 Å². The standard InChI is InChI=1S/C30H35F4N5O4S/c1-20-17-38(12-5-10-31)13-9-24(20)37-29(40)23-14-21(15-26-28(23)36-19-39(26)18-30(32,33)34)6-4-11-35-25-16-22(44(3,41)42)7-8-27(25)43-2/h7-8,14-16,19-20,24,35H,5,9-13,17-18H2,1-3H3,(H,37,40)/t20-,24-/m0/s1. The van der Waals surface area contributed by atoms with E-state index in [1.807, 2.05) is 6.92 Å². The van der Waals surface area contributed by atoms with E-state index in [2.05, 4.69) is 32.4 Å². The number of carbonyl (C=O) groups is 1. The molecule has 0 unspecified atom stereocenters. The van der Waals surface area contributed by atoms with Crippen LogP contribution in [-0.4, -0.2) is 87.2 Å². The highest BCUT2D eigenvalue weighted by molar-refractivity contribution is 7.90. The highest BCUT2D eigenvalue weighted by Gasteiger charge is 2.31. The zero-order valence-corrected chi connectivity index (χ0v) is 25.5. The summed E-state index contributed by atoms with van der Waals surface area (Å²) in [5.74, 6) is 5.78. The van der Waals surface area contributed by atoms with E-state index in [9.17, 15) is 30.8 Å². The molecule has 14 heteroatoms. The van der Waals surface area contributed by atoms with Crippen LogP contribution in [0.25, 0.3) is 11.0 Å². The van der Waals surface area contributed by atoms with E-state index in [4.69, 9.17) is 4.74 Å². The summed E-state index contributed by atoms with van der Waals surface area (Å²) in [4.78, 5) is 19.9. The molecule has 0 spiro atoms. The zero-order valence-electron chi connectivity index (χ0n) is 24.7. The minimum Gasteiger partial charge on any atom is -0.495 e. The molecule has 3 aromatic rings. The first-order valence-electron chi connectivity index (χ1n) is 14.0. The van der Waals surface area contributed by atoms with Crippen molar-refractivity contribution in [2.45, 2.75) is 43.4 Å². The monoisotopic (exact) mass is 637 g/mol. The van der Waals surface area contributed by atoms with Gasteiger partial charge in [-0.1, -0.05) is 18.8 Å². The topological polar surface area (TPSA) is 106 Å². The van der Waals surface area contributed by atoms with Crippen LogP contribution >= 0.6 is 0 Å². The normalized spacial score (nSPS) is 17.6. The maximum absolute atomic E-state index is 13.5. The van der Waals surface area contributed by atoms with Crippen LogP contribution < -0.4 is 15.4 Å². The number of halogens is 4. The lowest BCUT2D eigenvalue weighted by Crippen LogP contribution is -2.50. The maximum atomic E-state index is 13.5. The molecule has 44 heavy (non-hydrogen) atoms. The zero-order chi connectivity index (χ0) is 32.1. The quantitative estimate of drug-likeness (QED) is 0.253. The molecule has 1 aliphatic heterocycles. The number of alkyl halides is 4. The van der Waals surface area contributed by atoms with Crippen molar-refractivity contribution in [2.75, 3.05) is 51.5 Å². The van der Waals surface area contributed by atoms with Crippen LogP contribution in [0.2, 0.25) is 0 Å². The number of hydrogen-bond acceptors (Lipinski definition) is 7. The first-order valence-corrected chi connectivity index (χ1v) is 15.9. The SMILES string of the molecule is COc1ccc(S(C)(=O)=O)cc1NCC#Cc1cc(C(=O)N[C@H]2CCN(CCCF)C[C@@H]2C)c2ncn(CC(F)(F)F)c2c1. The van der Waals surface area contributed by atoms with Crippen LogP contribution in [-0.2, 0) is 16.4 Å². The number of aromatic nitrogens is 2. The lowest BCUT2D eigenvalue weighted by atomic mass is 9.93. The second-order valence-electron chi connectivity index (χ2n) is 10.9. The van der Waals surface area contributed by atoms with Crippen molar-refractivity contribution in [3.63, 3.8) is 0 Å². The number of carbonyl (C=O) groups excluding carboxylic acids is 1. The number of imidazole rings is 1. The number of methoxy groups -OCH3 is 1. The molecule has 1 saturated heterocycles. The van der Waals surface area contributed by atoms with Crippen LogP contribution in [0.5, 0.6) is 5.75 Å². The van der Waals surface area contributed by atoms with Crippen molar-refractivity contribution in [1.29, 1.82) is 0 Å². The molecule has 2 aromatic carbocycles. The number of nitrogens with one attached hydrogen (secondary N) is 2. The fraction of sp³-hybridized carbons (Fsp3) is 0.467. The highest BCUT2D eigenvalue weighted by Crippen LogP contribution is 2.28. The third-order valence-corrected chi connectivity index (χ3v) is 8.54. The summed E-state index contributed by atoms with van der Waals surface area (Å²) >= 11 is 0. The lowest BCUT2D eigenvalue weighted by molar-refractivity contribution is -0.139. The van der Waals surface area contributed by atoms with E-state index in [0.717, 1.165) is 17.2 Å². The Hall–Kier alpha value is -3.83. The summed E-state index contributed by atoms with van der Waals surface area (Å²) in [5.41, 5.74) is 1.05. The first-order chi connectivity index (χ1) is 20.8. The summed E-state index contributed by atoms with van der Waals surface area (Å²) in [7, 11) is -2.02. The van der Waals surface area contributed by atoms with Gasteiger partial charge in [0.05, 0.1) is 48.3 Å². The van der Waals surface area contributed by atoms with Gasteiger partial charge in [0.2, 0.25) is 0 Å². The second kappa shape index (κ2) is 13.9. The number of likely N-dealkylation sites (tertiary alicyclic amines) is 1. The van der Waals surface area contributed by atoms with E-state index in [1.165, 1.54) is 37.4 Å². The van der Waals surface area contributed by atoms with Crippen molar-refractivity contribution >= 4 is 32.5 Å². The van der Waals surface area contributed by atoms with Crippen LogP contribution in [0.4, 0.5) is 23.2 Å². The Morgan fingerprint density at radius 1 is 1.23 bits per heavy atom. The van der Waals surface area contributed by atoms with Gasteiger partial charge in [0.15, 0.2) is 9.84 Å². The number of sulfone groups is 1.